The first-order chi connectivity index (χ1) is 8.25. The lowest BCUT2D eigenvalue weighted by Crippen LogP contribution is -2.25. The van der Waals surface area contributed by atoms with Crippen LogP contribution in [-0.4, -0.2) is 17.6 Å². The zero-order valence-electron chi connectivity index (χ0n) is 9.22. The molecule has 0 aliphatic heterocycles. The quantitative estimate of drug-likeness (QED) is 0.845. The number of hydrogen-bond donors (Lipinski definition) is 2. The molecule has 1 amide bonds. The minimum Gasteiger partial charge on any atom is -0.508 e. The summed E-state index contributed by atoms with van der Waals surface area (Å²) in [7, 11) is 0. The van der Waals surface area contributed by atoms with Crippen molar-refractivity contribution in [3.8, 4) is 5.75 Å². The van der Waals surface area contributed by atoms with E-state index in [9.17, 15) is 4.79 Å². The first-order valence-corrected chi connectivity index (χ1v) is 5.35. The number of benzene rings is 1. The van der Waals surface area contributed by atoms with Gasteiger partial charge in [0.05, 0.1) is 6.26 Å². The SMILES string of the molecule is O=C(NCCc1ccc(O)cc1)c1ccco1. The third-order valence-corrected chi connectivity index (χ3v) is 2.38. The molecule has 1 aromatic heterocycles. The van der Waals surface area contributed by atoms with Gasteiger partial charge in [-0.05, 0) is 36.2 Å². The Bertz CT molecular complexity index is 474. The van der Waals surface area contributed by atoms with Gasteiger partial charge >= 0.3 is 0 Å². The van der Waals surface area contributed by atoms with Gasteiger partial charge in [0.25, 0.3) is 5.91 Å². The van der Waals surface area contributed by atoms with Gasteiger partial charge in [-0.2, -0.15) is 0 Å². The summed E-state index contributed by atoms with van der Waals surface area (Å²) in [4.78, 5) is 11.5. The van der Waals surface area contributed by atoms with Crippen molar-refractivity contribution in [3.05, 3.63) is 54.0 Å². The fourth-order valence-corrected chi connectivity index (χ4v) is 1.48. The van der Waals surface area contributed by atoms with E-state index in [1.807, 2.05) is 12.1 Å². The van der Waals surface area contributed by atoms with Gasteiger partial charge in [-0.1, -0.05) is 12.1 Å². The van der Waals surface area contributed by atoms with Crippen LogP contribution in [0.15, 0.2) is 47.1 Å². The zero-order chi connectivity index (χ0) is 12.1. The maximum Gasteiger partial charge on any atom is 0.286 e. The van der Waals surface area contributed by atoms with Crippen LogP contribution in [0.4, 0.5) is 0 Å². The van der Waals surface area contributed by atoms with Gasteiger partial charge in [0.2, 0.25) is 0 Å². The van der Waals surface area contributed by atoms with Crippen molar-refractivity contribution in [2.24, 2.45) is 0 Å². The Balaban J connectivity index is 1.80. The molecule has 2 N–H and O–H groups in total. The third-order valence-electron chi connectivity index (χ3n) is 2.38. The van der Waals surface area contributed by atoms with Crippen molar-refractivity contribution in [2.45, 2.75) is 6.42 Å². The molecule has 1 aromatic carbocycles. The fourth-order valence-electron chi connectivity index (χ4n) is 1.48. The Morgan fingerprint density at radius 1 is 1.24 bits per heavy atom. The lowest BCUT2D eigenvalue weighted by molar-refractivity contribution is 0.0926. The summed E-state index contributed by atoms with van der Waals surface area (Å²) in [6, 6.07) is 10.2. The molecule has 88 valence electrons. The highest BCUT2D eigenvalue weighted by atomic mass is 16.3. The monoisotopic (exact) mass is 231 g/mol. The Kier molecular flexibility index (Phi) is 3.45. The third kappa shape index (κ3) is 3.11. The van der Waals surface area contributed by atoms with Gasteiger partial charge in [0, 0.05) is 6.54 Å². The van der Waals surface area contributed by atoms with E-state index >= 15 is 0 Å². The minimum absolute atomic E-state index is 0.214. The predicted octanol–water partition coefficient (Wildman–Crippen LogP) is 1.96. The van der Waals surface area contributed by atoms with E-state index in [1.54, 1.807) is 24.3 Å². The van der Waals surface area contributed by atoms with Crippen LogP contribution in [0.3, 0.4) is 0 Å². The molecule has 1 heterocycles. The van der Waals surface area contributed by atoms with Crippen LogP contribution in [0.25, 0.3) is 0 Å². The zero-order valence-corrected chi connectivity index (χ0v) is 9.22. The highest BCUT2D eigenvalue weighted by molar-refractivity contribution is 5.91. The average Bonchev–Trinajstić information content (AvgIpc) is 2.85. The van der Waals surface area contributed by atoms with Crippen LogP contribution in [-0.2, 0) is 6.42 Å². The molecule has 0 atom stereocenters. The van der Waals surface area contributed by atoms with Gasteiger partial charge in [-0.3, -0.25) is 4.79 Å². The standard InChI is InChI=1S/C13H13NO3/c15-11-5-3-10(4-6-11)7-8-14-13(16)12-2-1-9-17-12/h1-6,9,15H,7-8H2,(H,14,16). The molecule has 0 radical (unpaired) electrons. The van der Waals surface area contributed by atoms with Gasteiger partial charge in [-0.15, -0.1) is 0 Å². The van der Waals surface area contributed by atoms with Crippen molar-refractivity contribution >= 4 is 5.91 Å². The molecule has 17 heavy (non-hydrogen) atoms. The van der Waals surface area contributed by atoms with E-state index in [-0.39, 0.29) is 11.7 Å². The normalized spacial score (nSPS) is 10.1. The van der Waals surface area contributed by atoms with Crippen molar-refractivity contribution in [1.82, 2.24) is 5.32 Å². The topological polar surface area (TPSA) is 62.5 Å². The maximum atomic E-state index is 11.5. The van der Waals surface area contributed by atoms with Crippen LogP contribution in [0.5, 0.6) is 5.75 Å². The Morgan fingerprint density at radius 3 is 2.65 bits per heavy atom. The van der Waals surface area contributed by atoms with Crippen molar-refractivity contribution in [1.29, 1.82) is 0 Å². The number of carbonyl (C=O) groups is 1. The van der Waals surface area contributed by atoms with E-state index in [0.29, 0.717) is 18.7 Å². The van der Waals surface area contributed by atoms with Crippen LogP contribution >= 0.6 is 0 Å². The summed E-state index contributed by atoms with van der Waals surface area (Å²) in [5.74, 6) is 0.345. The van der Waals surface area contributed by atoms with Crippen LogP contribution in [0.2, 0.25) is 0 Å². The highest BCUT2D eigenvalue weighted by Gasteiger charge is 2.06. The molecule has 0 aliphatic rings. The summed E-state index contributed by atoms with van der Waals surface area (Å²) < 4.78 is 4.97. The molecule has 0 saturated heterocycles. The molecule has 0 fully saturated rings. The first kappa shape index (κ1) is 11.3. The summed E-state index contributed by atoms with van der Waals surface area (Å²) >= 11 is 0. The molecule has 0 spiro atoms. The Morgan fingerprint density at radius 2 is 2.00 bits per heavy atom. The molecule has 0 unspecified atom stereocenters. The number of furan rings is 1. The van der Waals surface area contributed by atoms with Crippen LogP contribution in [0, 0.1) is 0 Å². The molecule has 0 bridgehead atoms. The molecule has 2 rings (SSSR count). The van der Waals surface area contributed by atoms with Crippen molar-refractivity contribution in [2.75, 3.05) is 6.54 Å². The van der Waals surface area contributed by atoms with E-state index in [0.717, 1.165) is 5.56 Å². The van der Waals surface area contributed by atoms with Gasteiger partial charge in [-0.25, -0.2) is 0 Å². The number of rotatable bonds is 4. The summed E-state index contributed by atoms with van der Waals surface area (Å²) in [6.07, 6.45) is 2.18. The summed E-state index contributed by atoms with van der Waals surface area (Å²) in [5, 5.41) is 11.9. The average molecular weight is 231 g/mol. The number of phenolic OH excluding ortho intramolecular Hbond substituents is 1. The summed E-state index contributed by atoms with van der Waals surface area (Å²) in [6.45, 7) is 0.532. The molecule has 4 nitrogen and oxygen atoms in total. The Labute approximate surface area is 98.9 Å². The second-order valence-corrected chi connectivity index (χ2v) is 3.65. The molecule has 2 aromatic rings. The number of hydrogen-bond acceptors (Lipinski definition) is 3. The van der Waals surface area contributed by atoms with Gasteiger partial charge in [0.15, 0.2) is 5.76 Å². The number of amides is 1. The van der Waals surface area contributed by atoms with E-state index in [1.165, 1.54) is 6.26 Å². The van der Waals surface area contributed by atoms with Crippen molar-refractivity contribution in [3.63, 3.8) is 0 Å². The van der Waals surface area contributed by atoms with E-state index in [4.69, 9.17) is 9.52 Å². The molecule has 0 aliphatic carbocycles. The van der Waals surface area contributed by atoms with Gasteiger partial charge < -0.3 is 14.8 Å². The predicted molar refractivity (Wildman–Crippen MR) is 62.9 cm³/mol. The lowest BCUT2D eigenvalue weighted by atomic mass is 10.1. The number of phenols is 1. The maximum absolute atomic E-state index is 11.5. The minimum atomic E-state index is -0.214. The van der Waals surface area contributed by atoms with Crippen LogP contribution in [0.1, 0.15) is 16.1 Å². The Hall–Kier alpha value is -2.23. The van der Waals surface area contributed by atoms with Crippen molar-refractivity contribution < 1.29 is 14.3 Å². The lowest BCUT2D eigenvalue weighted by Gasteiger charge is -2.03. The summed E-state index contributed by atoms with van der Waals surface area (Å²) in [5.41, 5.74) is 1.06. The van der Waals surface area contributed by atoms with Crippen LogP contribution < -0.4 is 5.32 Å². The largest absolute Gasteiger partial charge is 0.508 e. The first-order valence-electron chi connectivity index (χ1n) is 5.35. The number of carbonyl (C=O) groups excluding carboxylic acids is 1. The second-order valence-electron chi connectivity index (χ2n) is 3.65. The van der Waals surface area contributed by atoms with Gasteiger partial charge in [0.1, 0.15) is 5.75 Å². The number of nitrogens with one attached hydrogen (secondary N) is 1. The fraction of sp³-hybridized carbons (Fsp3) is 0.154. The highest BCUT2D eigenvalue weighted by Crippen LogP contribution is 2.09. The number of aromatic hydroxyl groups is 1. The molecule has 4 heteroatoms. The molecule has 0 saturated carbocycles. The van der Waals surface area contributed by atoms with E-state index in [2.05, 4.69) is 5.32 Å². The molecular weight excluding hydrogens is 218 g/mol. The molecular formula is C13H13NO3. The van der Waals surface area contributed by atoms with E-state index < -0.39 is 0 Å². The smallest absolute Gasteiger partial charge is 0.286 e. The second kappa shape index (κ2) is 5.21.